The lowest BCUT2D eigenvalue weighted by Gasteiger charge is -2.34. The molecule has 1 saturated heterocycles. The van der Waals surface area contributed by atoms with Crippen LogP contribution >= 0.6 is 0 Å². The van der Waals surface area contributed by atoms with Crippen molar-refractivity contribution in [3.05, 3.63) is 35.9 Å². The molecule has 1 aliphatic rings. The summed E-state index contributed by atoms with van der Waals surface area (Å²) in [6.07, 6.45) is 3.71. The van der Waals surface area contributed by atoms with E-state index < -0.39 is 0 Å². The Morgan fingerprint density at radius 1 is 1.25 bits per heavy atom. The van der Waals surface area contributed by atoms with Crippen LogP contribution in [0.2, 0.25) is 0 Å². The molecule has 0 spiro atoms. The molecule has 4 heteroatoms. The number of carbonyl (C=O) groups is 2. The van der Waals surface area contributed by atoms with Gasteiger partial charge >= 0.3 is 0 Å². The Labute approximate surface area is 145 Å². The summed E-state index contributed by atoms with van der Waals surface area (Å²) in [5.74, 6) is 0.132. The molecule has 1 aliphatic heterocycles. The van der Waals surface area contributed by atoms with E-state index >= 15 is 0 Å². The Balaban J connectivity index is 2.00. The molecule has 0 saturated carbocycles. The number of amides is 2. The molecule has 0 aliphatic carbocycles. The van der Waals surface area contributed by atoms with Crippen molar-refractivity contribution in [1.82, 2.24) is 10.2 Å². The van der Waals surface area contributed by atoms with Gasteiger partial charge in [0.2, 0.25) is 11.8 Å². The molecule has 24 heavy (non-hydrogen) atoms. The Bertz CT molecular complexity index is 542. The average molecular weight is 330 g/mol. The van der Waals surface area contributed by atoms with E-state index in [1.807, 2.05) is 36.9 Å². The molecule has 2 atom stereocenters. The van der Waals surface area contributed by atoms with Gasteiger partial charge in [-0.1, -0.05) is 57.5 Å². The zero-order valence-corrected chi connectivity index (χ0v) is 15.1. The second-order valence-electron chi connectivity index (χ2n) is 7.04. The van der Waals surface area contributed by atoms with E-state index in [-0.39, 0.29) is 29.7 Å². The van der Waals surface area contributed by atoms with Crippen molar-refractivity contribution in [3.8, 4) is 0 Å². The fourth-order valence-electron chi connectivity index (χ4n) is 3.34. The highest BCUT2D eigenvalue weighted by Crippen LogP contribution is 2.22. The lowest BCUT2D eigenvalue weighted by atomic mass is 9.94. The molecule has 0 radical (unpaired) electrons. The van der Waals surface area contributed by atoms with Crippen LogP contribution in [0.15, 0.2) is 30.3 Å². The summed E-state index contributed by atoms with van der Waals surface area (Å²) in [6, 6.07) is 10.2. The molecule has 0 aromatic heterocycles. The van der Waals surface area contributed by atoms with E-state index in [2.05, 4.69) is 24.4 Å². The normalized spacial score (nSPS) is 19.2. The predicted octanol–water partition coefficient (Wildman–Crippen LogP) is 3.54. The summed E-state index contributed by atoms with van der Waals surface area (Å²) < 4.78 is 0. The molecule has 1 aromatic rings. The largest absolute Gasteiger partial charge is 0.349 e. The molecule has 132 valence electrons. The molecule has 0 bridgehead atoms. The van der Waals surface area contributed by atoms with Crippen molar-refractivity contribution in [1.29, 1.82) is 0 Å². The first-order valence-corrected chi connectivity index (χ1v) is 9.17. The number of hydrogen-bond acceptors (Lipinski definition) is 2. The molecule has 1 aromatic carbocycles. The number of rotatable bonds is 6. The smallest absolute Gasteiger partial charge is 0.225 e. The molecule has 1 heterocycles. The number of piperidine rings is 1. The van der Waals surface area contributed by atoms with Crippen LogP contribution in [0.5, 0.6) is 0 Å². The molecule has 2 amide bonds. The highest BCUT2D eigenvalue weighted by atomic mass is 16.2. The summed E-state index contributed by atoms with van der Waals surface area (Å²) in [5, 5.41) is 3.22. The molecule has 2 rings (SSSR count). The monoisotopic (exact) mass is 330 g/mol. The van der Waals surface area contributed by atoms with Gasteiger partial charge in [0.15, 0.2) is 0 Å². The highest BCUT2D eigenvalue weighted by Gasteiger charge is 2.30. The Hall–Kier alpha value is -1.84. The van der Waals surface area contributed by atoms with Crippen molar-refractivity contribution in [2.45, 2.75) is 52.5 Å². The van der Waals surface area contributed by atoms with Gasteiger partial charge in [0.1, 0.15) is 0 Å². The van der Waals surface area contributed by atoms with Gasteiger partial charge in [-0.2, -0.15) is 0 Å². The number of carbonyl (C=O) groups excluding carboxylic acids is 2. The van der Waals surface area contributed by atoms with Gasteiger partial charge in [-0.15, -0.1) is 0 Å². The minimum absolute atomic E-state index is 0.0102. The molecule has 4 nitrogen and oxygen atoms in total. The number of hydrogen-bond donors (Lipinski definition) is 1. The van der Waals surface area contributed by atoms with E-state index in [0.29, 0.717) is 6.54 Å². The zero-order valence-electron chi connectivity index (χ0n) is 15.1. The number of nitrogens with zero attached hydrogens (tertiary/aromatic N) is 1. The maximum Gasteiger partial charge on any atom is 0.225 e. The maximum absolute atomic E-state index is 12.7. The van der Waals surface area contributed by atoms with Crippen LogP contribution < -0.4 is 5.32 Å². The predicted molar refractivity (Wildman–Crippen MR) is 96.4 cm³/mol. The quantitative estimate of drug-likeness (QED) is 0.867. The van der Waals surface area contributed by atoms with E-state index in [9.17, 15) is 9.59 Å². The van der Waals surface area contributed by atoms with Gasteiger partial charge in [0.25, 0.3) is 0 Å². The van der Waals surface area contributed by atoms with E-state index in [1.54, 1.807) is 0 Å². The molecular weight excluding hydrogens is 300 g/mol. The summed E-state index contributed by atoms with van der Waals surface area (Å²) >= 11 is 0. The van der Waals surface area contributed by atoms with Crippen LogP contribution in [0, 0.1) is 11.8 Å². The third-order valence-corrected chi connectivity index (χ3v) is 4.69. The summed E-state index contributed by atoms with van der Waals surface area (Å²) in [6.45, 7) is 7.29. The highest BCUT2D eigenvalue weighted by molar-refractivity contribution is 5.82. The van der Waals surface area contributed by atoms with Crippen LogP contribution in [0.4, 0.5) is 0 Å². The van der Waals surface area contributed by atoms with Crippen molar-refractivity contribution >= 4 is 11.8 Å². The minimum atomic E-state index is -0.0930. The van der Waals surface area contributed by atoms with Crippen LogP contribution in [-0.4, -0.2) is 29.8 Å². The Kier molecular flexibility index (Phi) is 6.83. The number of benzene rings is 1. The van der Waals surface area contributed by atoms with E-state index in [4.69, 9.17) is 0 Å². The summed E-state index contributed by atoms with van der Waals surface area (Å²) in [4.78, 5) is 26.8. The second-order valence-corrected chi connectivity index (χ2v) is 7.04. The fourth-order valence-corrected chi connectivity index (χ4v) is 3.34. The summed E-state index contributed by atoms with van der Waals surface area (Å²) in [7, 11) is 0. The third kappa shape index (κ3) is 4.83. The zero-order chi connectivity index (χ0) is 17.5. The number of nitrogens with one attached hydrogen (secondary N) is 1. The van der Waals surface area contributed by atoms with E-state index in [0.717, 1.165) is 37.8 Å². The van der Waals surface area contributed by atoms with Gasteiger partial charge in [-0.3, -0.25) is 9.59 Å². The minimum Gasteiger partial charge on any atom is -0.349 e. The van der Waals surface area contributed by atoms with Crippen molar-refractivity contribution in [2.75, 3.05) is 13.1 Å². The first kappa shape index (κ1) is 18.5. The molecule has 1 fully saturated rings. The fraction of sp³-hybridized carbons (Fsp3) is 0.600. The van der Waals surface area contributed by atoms with Crippen LogP contribution in [0.1, 0.15) is 58.1 Å². The van der Waals surface area contributed by atoms with Gasteiger partial charge in [-0.05, 0) is 24.8 Å². The topological polar surface area (TPSA) is 49.4 Å². The summed E-state index contributed by atoms with van der Waals surface area (Å²) in [5.41, 5.74) is 1.15. The van der Waals surface area contributed by atoms with Gasteiger partial charge < -0.3 is 10.2 Å². The SMILES string of the molecule is CCC[C@H](NC(=O)[C@H]1CCCN(C(=O)C(C)C)C1)c1ccccc1. The molecule has 1 N–H and O–H groups in total. The lowest BCUT2D eigenvalue weighted by Crippen LogP contribution is -2.47. The van der Waals surface area contributed by atoms with Gasteiger partial charge in [0, 0.05) is 19.0 Å². The third-order valence-electron chi connectivity index (χ3n) is 4.69. The van der Waals surface area contributed by atoms with Crippen molar-refractivity contribution < 1.29 is 9.59 Å². The molecular formula is C20H30N2O2. The van der Waals surface area contributed by atoms with E-state index in [1.165, 1.54) is 0 Å². The Morgan fingerprint density at radius 3 is 2.58 bits per heavy atom. The van der Waals surface area contributed by atoms with Crippen molar-refractivity contribution in [2.24, 2.45) is 11.8 Å². The Morgan fingerprint density at radius 2 is 1.96 bits per heavy atom. The van der Waals surface area contributed by atoms with Crippen LogP contribution in [0.25, 0.3) is 0 Å². The first-order chi connectivity index (χ1) is 11.5. The van der Waals surface area contributed by atoms with Gasteiger partial charge in [0.05, 0.1) is 12.0 Å². The second kappa shape index (κ2) is 8.86. The molecule has 0 unspecified atom stereocenters. The first-order valence-electron chi connectivity index (χ1n) is 9.17. The maximum atomic E-state index is 12.7. The number of likely N-dealkylation sites (tertiary alicyclic amines) is 1. The van der Waals surface area contributed by atoms with Crippen molar-refractivity contribution in [3.63, 3.8) is 0 Å². The van der Waals surface area contributed by atoms with Crippen LogP contribution in [0.3, 0.4) is 0 Å². The van der Waals surface area contributed by atoms with Gasteiger partial charge in [-0.25, -0.2) is 0 Å². The lowest BCUT2D eigenvalue weighted by molar-refractivity contribution is -0.138. The average Bonchev–Trinajstić information content (AvgIpc) is 2.61. The standard InChI is InChI=1S/C20H30N2O2/c1-4-9-18(16-10-6-5-7-11-16)21-19(23)17-12-8-13-22(14-17)20(24)15(2)3/h5-7,10-11,15,17-18H,4,8-9,12-14H2,1-3H3,(H,21,23)/t17-,18-/m0/s1. The van der Waals surface area contributed by atoms with Crippen LogP contribution in [-0.2, 0) is 9.59 Å².